The SMILES string of the molecule is COc1ccccc1Oc1c(OCCOC(=O)OCCCCON(O)O)nc(-c2ncccn2)nc1N(C(C)OC(=O)OCCCCON(O)O)S(=O)(=O)c1ccc(C(C)(C)C)cc1. The van der Waals surface area contributed by atoms with Gasteiger partial charge in [0.25, 0.3) is 15.9 Å². The van der Waals surface area contributed by atoms with Crippen LogP contribution in [0.2, 0.25) is 0 Å². The van der Waals surface area contributed by atoms with E-state index in [0.29, 0.717) is 17.1 Å². The Morgan fingerprint density at radius 3 is 1.84 bits per heavy atom. The third-order valence-corrected chi connectivity index (χ3v) is 10.3. The lowest BCUT2D eigenvalue weighted by molar-refractivity contribution is -0.492. The number of carbonyl (C=O) groups is 2. The second kappa shape index (κ2) is 24.7. The number of rotatable bonds is 25. The molecule has 350 valence electrons. The number of aromatic nitrogens is 4. The minimum Gasteiger partial charge on any atom is -0.493 e. The average molecular weight is 922 g/mol. The van der Waals surface area contributed by atoms with Crippen LogP contribution in [0.15, 0.2) is 71.9 Å². The average Bonchev–Trinajstić information content (AvgIpc) is 3.25. The van der Waals surface area contributed by atoms with E-state index in [1.54, 1.807) is 30.3 Å². The molecule has 64 heavy (non-hydrogen) atoms. The highest BCUT2D eigenvalue weighted by Gasteiger charge is 2.39. The Balaban J connectivity index is 1.79. The molecule has 4 rings (SSSR count). The van der Waals surface area contributed by atoms with Gasteiger partial charge in [-0.25, -0.2) is 37.3 Å². The Morgan fingerprint density at radius 2 is 1.27 bits per heavy atom. The molecule has 0 radical (unpaired) electrons. The quantitative estimate of drug-likeness (QED) is 0.0262. The Bertz CT molecular complexity index is 2180. The van der Waals surface area contributed by atoms with E-state index in [0.717, 1.165) is 5.56 Å². The first kappa shape index (κ1) is 50.6. The summed E-state index contributed by atoms with van der Waals surface area (Å²) in [6.45, 7) is 5.85. The maximum Gasteiger partial charge on any atom is 0.510 e. The number of anilines is 1. The van der Waals surface area contributed by atoms with Crippen molar-refractivity contribution in [3.63, 3.8) is 0 Å². The van der Waals surface area contributed by atoms with Gasteiger partial charge in [0.15, 0.2) is 29.4 Å². The van der Waals surface area contributed by atoms with E-state index >= 15 is 8.42 Å². The molecule has 4 aromatic rings. The molecule has 4 N–H and O–H groups in total. The third kappa shape index (κ3) is 15.6. The van der Waals surface area contributed by atoms with Gasteiger partial charge in [-0.05, 0) is 73.9 Å². The molecule has 0 saturated carbocycles. The maximum absolute atomic E-state index is 15.0. The number of nitrogens with zero attached hydrogens (tertiary/aromatic N) is 7. The summed E-state index contributed by atoms with van der Waals surface area (Å²) < 4.78 is 69.6. The number of hydrogen-bond donors (Lipinski definition) is 4. The van der Waals surface area contributed by atoms with E-state index in [1.165, 1.54) is 50.7 Å². The highest BCUT2D eigenvalue weighted by Crippen LogP contribution is 2.44. The number of hydrogen-bond acceptors (Lipinski definition) is 23. The normalized spacial score (nSPS) is 12.1. The molecule has 0 spiro atoms. The molecule has 2 aromatic heterocycles. The fourth-order valence-corrected chi connectivity index (χ4v) is 6.83. The van der Waals surface area contributed by atoms with E-state index in [-0.39, 0.29) is 72.7 Å². The van der Waals surface area contributed by atoms with Crippen LogP contribution in [-0.2, 0) is 44.1 Å². The summed E-state index contributed by atoms with van der Waals surface area (Å²) in [5, 5.41) is 33.8. The molecule has 25 heteroatoms. The van der Waals surface area contributed by atoms with Crippen molar-refractivity contribution in [1.29, 1.82) is 0 Å². The van der Waals surface area contributed by atoms with Gasteiger partial charge in [-0.1, -0.05) is 45.0 Å². The Hall–Kier alpha value is -6.03. The zero-order valence-electron chi connectivity index (χ0n) is 35.6. The second-order valence-electron chi connectivity index (χ2n) is 14.1. The van der Waals surface area contributed by atoms with Crippen molar-refractivity contribution in [2.45, 2.75) is 69.9 Å². The molecule has 0 amide bonds. The first-order valence-corrected chi connectivity index (χ1v) is 21.0. The van der Waals surface area contributed by atoms with Gasteiger partial charge in [-0.2, -0.15) is 4.98 Å². The standard InChI is InChI=1S/C39H51N7O17S/c1-27(62-38(48)58-22-9-11-24-61-46(51)52)44(64(53,54)29-17-15-28(16-18-29)39(2,3)4)35-32(63-31-14-7-6-13-30(31)55-5)36(43-34(42-35)33-40-19-12-20-41-33)56-25-26-59-37(47)57-21-8-10-23-60-45(49)50/h6-7,12-20,27,49-52H,8-11,21-26H2,1-5H3. The molecule has 24 nitrogen and oxygen atoms in total. The smallest absolute Gasteiger partial charge is 0.493 e. The molecule has 0 saturated heterocycles. The van der Waals surface area contributed by atoms with Crippen molar-refractivity contribution in [1.82, 2.24) is 30.7 Å². The van der Waals surface area contributed by atoms with E-state index in [1.807, 2.05) is 20.8 Å². The van der Waals surface area contributed by atoms with Crippen molar-refractivity contribution in [2.24, 2.45) is 0 Å². The molecule has 2 heterocycles. The lowest BCUT2D eigenvalue weighted by atomic mass is 9.87. The topological polar surface area (TPSA) is 294 Å². The van der Waals surface area contributed by atoms with E-state index < -0.39 is 70.0 Å². The van der Waals surface area contributed by atoms with Crippen LogP contribution in [0.1, 0.15) is 58.9 Å². The number of sulfonamides is 1. The number of unbranched alkanes of at least 4 members (excludes halogenated alkanes) is 2. The summed E-state index contributed by atoms with van der Waals surface area (Å²) in [5.41, 5.74) is 0.477. The van der Waals surface area contributed by atoms with Gasteiger partial charge >= 0.3 is 12.3 Å². The van der Waals surface area contributed by atoms with Crippen LogP contribution in [-0.4, -0.2) is 125 Å². The van der Waals surface area contributed by atoms with Crippen LogP contribution >= 0.6 is 0 Å². The number of ether oxygens (including phenoxy) is 7. The summed E-state index contributed by atoms with van der Waals surface area (Å²) >= 11 is 0. The van der Waals surface area contributed by atoms with Gasteiger partial charge in [0.1, 0.15) is 13.2 Å². The fourth-order valence-electron chi connectivity index (χ4n) is 5.34. The number of carbonyl (C=O) groups excluding carboxylic acids is 2. The second-order valence-corrected chi connectivity index (χ2v) is 15.9. The maximum atomic E-state index is 15.0. The Kier molecular flexibility index (Phi) is 19.5. The van der Waals surface area contributed by atoms with Crippen molar-refractivity contribution >= 4 is 28.2 Å². The minimum absolute atomic E-state index is 0.0497. The fraction of sp³-hybridized carbons (Fsp3) is 0.436. The summed E-state index contributed by atoms with van der Waals surface area (Å²) in [6.07, 6.45) is -0.191. The van der Waals surface area contributed by atoms with Gasteiger partial charge in [0, 0.05) is 12.4 Å². The molecule has 1 unspecified atom stereocenters. The van der Waals surface area contributed by atoms with Crippen LogP contribution in [0.5, 0.6) is 23.1 Å². The largest absolute Gasteiger partial charge is 0.510 e. The lowest BCUT2D eigenvalue weighted by Crippen LogP contribution is -2.42. The molecular formula is C39H51N7O17S. The highest BCUT2D eigenvalue weighted by atomic mass is 32.2. The molecular weight excluding hydrogens is 871 g/mol. The summed E-state index contributed by atoms with van der Waals surface area (Å²) in [5.74, 6) is -1.45. The molecule has 0 aliphatic rings. The van der Waals surface area contributed by atoms with Crippen molar-refractivity contribution in [3.8, 4) is 34.8 Å². The first-order valence-electron chi connectivity index (χ1n) is 19.5. The summed E-state index contributed by atoms with van der Waals surface area (Å²) in [4.78, 5) is 51.7. The molecule has 2 aromatic carbocycles. The van der Waals surface area contributed by atoms with Gasteiger partial charge < -0.3 is 33.2 Å². The molecule has 0 bridgehead atoms. The van der Waals surface area contributed by atoms with Crippen molar-refractivity contribution < 1.29 is 81.7 Å². The Morgan fingerprint density at radius 1 is 0.703 bits per heavy atom. The monoisotopic (exact) mass is 921 g/mol. The molecule has 0 fully saturated rings. The number of methoxy groups -OCH3 is 1. The van der Waals surface area contributed by atoms with Gasteiger partial charge in [0.2, 0.25) is 11.6 Å². The van der Waals surface area contributed by atoms with Crippen molar-refractivity contribution in [2.75, 3.05) is 51.1 Å². The van der Waals surface area contributed by atoms with E-state index in [2.05, 4.69) is 29.6 Å². The number of benzene rings is 2. The summed E-state index contributed by atoms with van der Waals surface area (Å²) in [7, 11) is -3.41. The van der Waals surface area contributed by atoms with E-state index in [4.69, 9.17) is 54.0 Å². The minimum atomic E-state index is -4.79. The van der Waals surface area contributed by atoms with Crippen molar-refractivity contribution in [3.05, 3.63) is 72.6 Å². The first-order chi connectivity index (χ1) is 30.5. The van der Waals surface area contributed by atoms with Gasteiger partial charge in [-0.3, -0.25) is 30.5 Å². The molecule has 0 aliphatic heterocycles. The van der Waals surface area contributed by atoms with Crippen LogP contribution in [0, 0.1) is 0 Å². The molecule has 0 aliphatic carbocycles. The predicted octanol–water partition coefficient (Wildman–Crippen LogP) is 5.84. The zero-order valence-corrected chi connectivity index (χ0v) is 36.5. The van der Waals surface area contributed by atoms with Gasteiger partial charge in [-0.15, -0.1) is 0 Å². The Labute approximate surface area is 368 Å². The third-order valence-electron chi connectivity index (χ3n) is 8.42. The van der Waals surface area contributed by atoms with E-state index in [9.17, 15) is 9.59 Å². The van der Waals surface area contributed by atoms with Crippen LogP contribution in [0.4, 0.5) is 15.4 Å². The molecule has 1 atom stereocenters. The van der Waals surface area contributed by atoms with Gasteiger partial charge in [0.05, 0.1) is 49.2 Å². The summed E-state index contributed by atoms with van der Waals surface area (Å²) in [6, 6.07) is 14.0. The van der Waals surface area contributed by atoms with Crippen LogP contribution < -0.4 is 18.5 Å². The lowest BCUT2D eigenvalue weighted by Gasteiger charge is -2.30. The predicted molar refractivity (Wildman–Crippen MR) is 217 cm³/mol. The van der Waals surface area contributed by atoms with Crippen LogP contribution in [0.3, 0.4) is 0 Å². The van der Waals surface area contributed by atoms with Crippen LogP contribution in [0.25, 0.3) is 11.6 Å². The zero-order chi connectivity index (χ0) is 46.7. The highest BCUT2D eigenvalue weighted by molar-refractivity contribution is 7.92. The number of para-hydroxylation sites is 2.